The fourth-order valence-corrected chi connectivity index (χ4v) is 2.23. The van der Waals surface area contributed by atoms with E-state index in [0.717, 1.165) is 25.1 Å². The van der Waals surface area contributed by atoms with Crippen LogP contribution in [0.1, 0.15) is 19.8 Å². The van der Waals surface area contributed by atoms with E-state index < -0.39 is 0 Å². The van der Waals surface area contributed by atoms with Gasteiger partial charge in [0.05, 0.1) is 13.2 Å². The summed E-state index contributed by atoms with van der Waals surface area (Å²) in [6, 6.07) is 7.07. The van der Waals surface area contributed by atoms with Gasteiger partial charge in [-0.05, 0) is 44.0 Å². The highest BCUT2D eigenvalue weighted by Crippen LogP contribution is 2.18. The average Bonchev–Trinajstić information content (AvgIpc) is 2.40. The predicted molar refractivity (Wildman–Crippen MR) is 76.5 cm³/mol. The quantitative estimate of drug-likeness (QED) is 0.892. The summed E-state index contributed by atoms with van der Waals surface area (Å²) in [7, 11) is 0. The third kappa shape index (κ3) is 4.49. The standard InChI is InChI=1S/C14H19ClN2O2/c1-14(7-2-8-19-10-14)16-9-13(18)17-12-5-3-11(15)4-6-12/h3-6,16H,2,7-10H2,1H3,(H,17,18). The van der Waals surface area contributed by atoms with Crippen LogP contribution in [-0.4, -0.2) is 31.2 Å². The zero-order valence-corrected chi connectivity index (χ0v) is 11.8. The molecule has 1 fully saturated rings. The Balaban J connectivity index is 1.79. The zero-order chi connectivity index (χ0) is 13.7. The Labute approximate surface area is 118 Å². The molecule has 19 heavy (non-hydrogen) atoms. The van der Waals surface area contributed by atoms with E-state index in [2.05, 4.69) is 17.6 Å². The van der Waals surface area contributed by atoms with Crippen molar-refractivity contribution < 1.29 is 9.53 Å². The summed E-state index contributed by atoms with van der Waals surface area (Å²) in [5.74, 6) is -0.0610. The number of carbonyl (C=O) groups excluding carboxylic acids is 1. The highest BCUT2D eigenvalue weighted by atomic mass is 35.5. The molecule has 1 atom stereocenters. The maximum absolute atomic E-state index is 11.8. The molecular formula is C14H19ClN2O2. The van der Waals surface area contributed by atoms with E-state index in [1.807, 2.05) is 0 Å². The van der Waals surface area contributed by atoms with Crippen LogP contribution >= 0.6 is 11.6 Å². The first-order chi connectivity index (χ1) is 9.07. The lowest BCUT2D eigenvalue weighted by Crippen LogP contribution is -2.51. The van der Waals surface area contributed by atoms with Gasteiger partial charge >= 0.3 is 0 Å². The topological polar surface area (TPSA) is 50.4 Å². The van der Waals surface area contributed by atoms with E-state index in [0.29, 0.717) is 11.6 Å². The molecule has 0 radical (unpaired) electrons. The van der Waals surface area contributed by atoms with Crippen molar-refractivity contribution in [3.63, 3.8) is 0 Å². The minimum atomic E-state index is -0.102. The molecule has 1 aliphatic rings. The fraction of sp³-hybridized carbons (Fsp3) is 0.500. The molecule has 1 heterocycles. The minimum Gasteiger partial charge on any atom is -0.380 e. The summed E-state index contributed by atoms with van der Waals surface area (Å²) in [4.78, 5) is 11.8. The number of halogens is 1. The summed E-state index contributed by atoms with van der Waals surface area (Å²) in [6.45, 7) is 3.83. The van der Waals surface area contributed by atoms with Gasteiger partial charge in [-0.3, -0.25) is 4.79 Å². The molecule has 1 amide bonds. The molecule has 4 nitrogen and oxygen atoms in total. The first kappa shape index (κ1) is 14.3. The average molecular weight is 283 g/mol. The first-order valence-corrected chi connectivity index (χ1v) is 6.83. The molecule has 1 aliphatic heterocycles. The van der Waals surface area contributed by atoms with Gasteiger partial charge in [0.2, 0.25) is 5.91 Å². The summed E-state index contributed by atoms with van der Waals surface area (Å²) in [5.41, 5.74) is 0.650. The van der Waals surface area contributed by atoms with Crippen LogP contribution in [0.25, 0.3) is 0 Å². The predicted octanol–water partition coefficient (Wildman–Crippen LogP) is 2.44. The number of ether oxygens (including phenoxy) is 1. The third-order valence-electron chi connectivity index (χ3n) is 3.24. The van der Waals surface area contributed by atoms with Crippen LogP contribution in [0.4, 0.5) is 5.69 Å². The Morgan fingerprint density at radius 3 is 2.79 bits per heavy atom. The number of amides is 1. The third-order valence-corrected chi connectivity index (χ3v) is 3.49. The van der Waals surface area contributed by atoms with Gasteiger partial charge < -0.3 is 15.4 Å². The number of hydrogen-bond acceptors (Lipinski definition) is 3. The van der Waals surface area contributed by atoms with Gasteiger partial charge in [0.25, 0.3) is 0 Å². The van der Waals surface area contributed by atoms with Crippen molar-refractivity contribution >= 4 is 23.2 Å². The number of nitrogens with one attached hydrogen (secondary N) is 2. The van der Waals surface area contributed by atoms with E-state index in [9.17, 15) is 4.79 Å². The van der Waals surface area contributed by atoms with Crippen molar-refractivity contribution in [2.45, 2.75) is 25.3 Å². The van der Waals surface area contributed by atoms with Gasteiger partial charge in [-0.25, -0.2) is 0 Å². The molecule has 0 aliphatic carbocycles. The molecule has 1 aromatic carbocycles. The molecule has 1 saturated heterocycles. The number of benzene rings is 1. The van der Waals surface area contributed by atoms with Crippen LogP contribution < -0.4 is 10.6 Å². The van der Waals surface area contributed by atoms with Gasteiger partial charge in [0.15, 0.2) is 0 Å². The van der Waals surface area contributed by atoms with E-state index >= 15 is 0 Å². The fourth-order valence-electron chi connectivity index (χ4n) is 2.11. The van der Waals surface area contributed by atoms with Crippen molar-refractivity contribution in [1.29, 1.82) is 0 Å². The normalized spacial score (nSPS) is 23.1. The summed E-state index contributed by atoms with van der Waals surface area (Å²) >= 11 is 5.79. The van der Waals surface area contributed by atoms with Crippen LogP contribution in [0.3, 0.4) is 0 Å². The molecule has 0 spiro atoms. The molecule has 1 aromatic rings. The van der Waals surface area contributed by atoms with E-state index in [1.165, 1.54) is 0 Å². The van der Waals surface area contributed by atoms with Crippen LogP contribution in [0.5, 0.6) is 0 Å². The molecule has 2 rings (SSSR count). The van der Waals surface area contributed by atoms with Gasteiger partial charge in [-0.15, -0.1) is 0 Å². The van der Waals surface area contributed by atoms with E-state index in [4.69, 9.17) is 16.3 Å². The second-order valence-corrected chi connectivity index (χ2v) is 5.56. The van der Waals surface area contributed by atoms with Crippen molar-refractivity contribution in [1.82, 2.24) is 5.32 Å². The first-order valence-electron chi connectivity index (χ1n) is 6.46. The van der Waals surface area contributed by atoms with Gasteiger partial charge in [0, 0.05) is 22.9 Å². The van der Waals surface area contributed by atoms with E-state index in [1.54, 1.807) is 24.3 Å². The Hall–Kier alpha value is -1.10. The second-order valence-electron chi connectivity index (χ2n) is 5.13. The lowest BCUT2D eigenvalue weighted by atomic mass is 9.95. The Morgan fingerprint density at radius 2 is 2.16 bits per heavy atom. The maximum atomic E-state index is 11.8. The summed E-state index contributed by atoms with van der Waals surface area (Å²) < 4.78 is 5.44. The molecule has 104 valence electrons. The molecule has 0 bridgehead atoms. The van der Waals surface area contributed by atoms with Gasteiger partial charge in [-0.1, -0.05) is 11.6 Å². The summed E-state index contributed by atoms with van der Waals surface area (Å²) in [5, 5.41) is 6.75. The Bertz CT molecular complexity index is 428. The highest BCUT2D eigenvalue weighted by Gasteiger charge is 2.27. The van der Waals surface area contributed by atoms with Gasteiger partial charge in [-0.2, -0.15) is 0 Å². The number of anilines is 1. The van der Waals surface area contributed by atoms with Crippen molar-refractivity contribution in [2.75, 3.05) is 25.1 Å². The number of carbonyl (C=O) groups is 1. The van der Waals surface area contributed by atoms with Crippen molar-refractivity contribution in [3.8, 4) is 0 Å². The monoisotopic (exact) mass is 282 g/mol. The largest absolute Gasteiger partial charge is 0.380 e. The van der Waals surface area contributed by atoms with E-state index in [-0.39, 0.29) is 18.0 Å². The SMILES string of the molecule is CC1(NCC(=O)Nc2ccc(Cl)cc2)CCCOC1. The Morgan fingerprint density at radius 1 is 1.42 bits per heavy atom. The molecular weight excluding hydrogens is 264 g/mol. The zero-order valence-electron chi connectivity index (χ0n) is 11.0. The maximum Gasteiger partial charge on any atom is 0.238 e. The Kier molecular flexibility index (Phi) is 4.80. The van der Waals surface area contributed by atoms with Crippen LogP contribution in [-0.2, 0) is 9.53 Å². The number of hydrogen-bond donors (Lipinski definition) is 2. The minimum absolute atomic E-state index is 0.0610. The smallest absolute Gasteiger partial charge is 0.238 e. The van der Waals surface area contributed by atoms with Crippen molar-refractivity contribution in [2.24, 2.45) is 0 Å². The van der Waals surface area contributed by atoms with Crippen LogP contribution in [0.2, 0.25) is 5.02 Å². The molecule has 1 unspecified atom stereocenters. The number of rotatable bonds is 4. The van der Waals surface area contributed by atoms with Crippen molar-refractivity contribution in [3.05, 3.63) is 29.3 Å². The lowest BCUT2D eigenvalue weighted by Gasteiger charge is -2.34. The van der Waals surface area contributed by atoms with Crippen LogP contribution in [0, 0.1) is 0 Å². The summed E-state index contributed by atoms with van der Waals surface area (Å²) in [6.07, 6.45) is 2.06. The molecule has 5 heteroatoms. The van der Waals surface area contributed by atoms with Crippen LogP contribution in [0.15, 0.2) is 24.3 Å². The molecule has 0 saturated carbocycles. The second kappa shape index (κ2) is 6.37. The molecule has 0 aromatic heterocycles. The molecule has 2 N–H and O–H groups in total. The lowest BCUT2D eigenvalue weighted by molar-refractivity contribution is -0.116. The van der Waals surface area contributed by atoms with Gasteiger partial charge in [0.1, 0.15) is 0 Å². The highest BCUT2D eigenvalue weighted by molar-refractivity contribution is 6.30.